The molecule has 28 heavy (non-hydrogen) atoms. The van der Waals surface area contributed by atoms with Gasteiger partial charge in [-0.05, 0) is 52.3 Å². The molecule has 0 radical (unpaired) electrons. The predicted octanol–water partition coefficient (Wildman–Crippen LogP) is 6.62. The van der Waals surface area contributed by atoms with E-state index in [0.29, 0.717) is 11.2 Å². The van der Waals surface area contributed by atoms with Gasteiger partial charge in [0, 0.05) is 11.5 Å². The van der Waals surface area contributed by atoms with Gasteiger partial charge in [0.15, 0.2) is 0 Å². The van der Waals surface area contributed by atoms with Crippen LogP contribution in [0.4, 0.5) is 0 Å². The average Bonchev–Trinajstić information content (AvgIpc) is 2.72. The van der Waals surface area contributed by atoms with E-state index in [4.69, 9.17) is 11.6 Å². The normalized spacial score (nSPS) is 20.9. The van der Waals surface area contributed by atoms with Crippen molar-refractivity contribution in [2.24, 2.45) is 5.92 Å². The van der Waals surface area contributed by atoms with Gasteiger partial charge in [0.1, 0.15) is 0 Å². The van der Waals surface area contributed by atoms with Gasteiger partial charge in [-0.1, -0.05) is 79.8 Å². The van der Waals surface area contributed by atoms with Gasteiger partial charge in [0.2, 0.25) is 5.28 Å². The lowest BCUT2D eigenvalue weighted by Gasteiger charge is -2.26. The van der Waals surface area contributed by atoms with E-state index in [2.05, 4.69) is 89.7 Å². The van der Waals surface area contributed by atoms with Crippen LogP contribution in [0, 0.1) is 5.92 Å². The third kappa shape index (κ3) is 2.98. The number of hydrogen-bond acceptors (Lipinski definition) is 2. The highest BCUT2D eigenvalue weighted by Gasteiger charge is 2.26. The first-order valence-corrected chi connectivity index (χ1v) is 10.2. The minimum Gasteiger partial charge on any atom is -0.222 e. The monoisotopic (exact) mass is 384 g/mol. The van der Waals surface area contributed by atoms with Gasteiger partial charge in [-0.25, -0.2) is 9.97 Å². The fourth-order valence-electron chi connectivity index (χ4n) is 4.37. The number of rotatable bonds is 2. The Balaban J connectivity index is 1.55. The summed E-state index contributed by atoms with van der Waals surface area (Å²) in [7, 11) is 0. The molecule has 2 nitrogen and oxygen atoms in total. The zero-order valence-corrected chi connectivity index (χ0v) is 16.5. The van der Waals surface area contributed by atoms with Crippen LogP contribution >= 0.6 is 11.6 Å². The summed E-state index contributed by atoms with van der Waals surface area (Å²) in [5, 5.41) is 2.91. The molecule has 0 saturated carbocycles. The van der Waals surface area contributed by atoms with Crippen LogP contribution in [0.5, 0.6) is 0 Å². The van der Waals surface area contributed by atoms with Crippen LogP contribution in [0.15, 0.2) is 66.8 Å². The largest absolute Gasteiger partial charge is 0.222 e. The summed E-state index contributed by atoms with van der Waals surface area (Å²) in [6.07, 6.45) is 13.2. The van der Waals surface area contributed by atoms with E-state index in [1.165, 1.54) is 21.9 Å². The Hall–Kier alpha value is -2.71. The Kier molecular flexibility index (Phi) is 4.37. The van der Waals surface area contributed by atoms with Crippen molar-refractivity contribution in [3.8, 4) is 0 Å². The quantitative estimate of drug-likeness (QED) is 0.464. The van der Waals surface area contributed by atoms with Crippen molar-refractivity contribution in [2.75, 3.05) is 0 Å². The topological polar surface area (TPSA) is 25.8 Å². The molecule has 2 aliphatic carbocycles. The predicted molar refractivity (Wildman–Crippen MR) is 117 cm³/mol. The average molecular weight is 385 g/mol. The highest BCUT2D eigenvalue weighted by molar-refractivity contribution is 6.28. The Morgan fingerprint density at radius 2 is 1.86 bits per heavy atom. The van der Waals surface area contributed by atoms with Crippen molar-refractivity contribution in [1.29, 1.82) is 0 Å². The Bertz CT molecular complexity index is 1150. The molecule has 0 N–H and O–H groups in total. The maximum atomic E-state index is 6.25. The van der Waals surface area contributed by atoms with E-state index >= 15 is 0 Å². The first-order valence-electron chi connectivity index (χ1n) is 9.82. The van der Waals surface area contributed by atoms with E-state index in [1.807, 2.05) is 0 Å². The van der Waals surface area contributed by atoms with Crippen molar-refractivity contribution < 1.29 is 0 Å². The van der Waals surface area contributed by atoms with Crippen LogP contribution in [-0.2, 0) is 6.42 Å². The van der Waals surface area contributed by atoms with Crippen LogP contribution < -0.4 is 0 Å². The van der Waals surface area contributed by atoms with Crippen molar-refractivity contribution in [1.82, 2.24) is 9.97 Å². The SMILES string of the molecule is CC1C=C(c2cccc3ccccc23)C=CC1c1nc(Cl)nc2c1C=CCC2. The number of hydrogen-bond donors (Lipinski definition) is 0. The molecule has 2 aromatic carbocycles. The van der Waals surface area contributed by atoms with Gasteiger partial charge in [-0.3, -0.25) is 0 Å². The first kappa shape index (κ1) is 17.4. The van der Waals surface area contributed by atoms with Crippen LogP contribution in [-0.4, -0.2) is 9.97 Å². The van der Waals surface area contributed by atoms with Gasteiger partial charge in [-0.15, -0.1) is 0 Å². The second kappa shape index (κ2) is 7.03. The molecule has 0 aliphatic heterocycles. The molecule has 0 amide bonds. The van der Waals surface area contributed by atoms with E-state index in [9.17, 15) is 0 Å². The molecule has 0 bridgehead atoms. The second-order valence-electron chi connectivity index (χ2n) is 7.57. The number of nitrogens with zero attached hydrogens (tertiary/aromatic N) is 2. The van der Waals surface area contributed by atoms with Crippen molar-refractivity contribution >= 4 is 34.0 Å². The second-order valence-corrected chi connectivity index (χ2v) is 7.91. The van der Waals surface area contributed by atoms with E-state index in [1.54, 1.807) is 0 Å². The highest BCUT2D eigenvalue weighted by Crippen LogP contribution is 2.39. The first-order chi connectivity index (χ1) is 13.7. The number of aryl methyl sites for hydroxylation is 1. The van der Waals surface area contributed by atoms with Gasteiger partial charge in [0.05, 0.1) is 11.4 Å². The summed E-state index contributed by atoms with van der Waals surface area (Å²) in [5.41, 5.74) is 5.82. The maximum absolute atomic E-state index is 6.25. The lowest BCUT2D eigenvalue weighted by Crippen LogP contribution is -2.15. The van der Waals surface area contributed by atoms with Crippen LogP contribution in [0.25, 0.3) is 22.4 Å². The maximum Gasteiger partial charge on any atom is 0.222 e. The lowest BCUT2D eigenvalue weighted by atomic mass is 9.80. The van der Waals surface area contributed by atoms with Crippen molar-refractivity contribution in [3.05, 3.63) is 94.6 Å². The highest BCUT2D eigenvalue weighted by atomic mass is 35.5. The van der Waals surface area contributed by atoms with E-state index in [-0.39, 0.29) is 5.92 Å². The summed E-state index contributed by atoms with van der Waals surface area (Å²) in [6, 6.07) is 15.1. The lowest BCUT2D eigenvalue weighted by molar-refractivity contribution is 0.616. The van der Waals surface area contributed by atoms with Gasteiger partial charge in [-0.2, -0.15) is 0 Å². The molecule has 1 aromatic heterocycles. The Labute approximate surface area is 170 Å². The summed E-state index contributed by atoms with van der Waals surface area (Å²) >= 11 is 6.25. The fourth-order valence-corrected chi connectivity index (χ4v) is 4.57. The molecular formula is C25H21ClN2. The van der Waals surface area contributed by atoms with Crippen LogP contribution in [0.2, 0.25) is 5.28 Å². The minimum atomic E-state index is 0.204. The fraction of sp³-hybridized carbons (Fsp3) is 0.200. The van der Waals surface area contributed by atoms with Gasteiger partial charge >= 0.3 is 0 Å². The summed E-state index contributed by atoms with van der Waals surface area (Å²) < 4.78 is 0. The van der Waals surface area contributed by atoms with Gasteiger partial charge < -0.3 is 0 Å². The third-order valence-corrected chi connectivity index (χ3v) is 5.94. The molecule has 3 aromatic rings. The molecule has 138 valence electrons. The molecule has 0 spiro atoms. The number of allylic oxidation sites excluding steroid dienone is 5. The smallest absolute Gasteiger partial charge is 0.222 e. The molecule has 1 heterocycles. The van der Waals surface area contributed by atoms with Crippen LogP contribution in [0.3, 0.4) is 0 Å². The summed E-state index contributed by atoms with van der Waals surface area (Å²) in [6.45, 7) is 2.26. The van der Waals surface area contributed by atoms with Gasteiger partial charge in [0.25, 0.3) is 0 Å². The Morgan fingerprint density at radius 1 is 1.00 bits per heavy atom. The third-order valence-electron chi connectivity index (χ3n) is 5.77. The zero-order chi connectivity index (χ0) is 19.1. The van der Waals surface area contributed by atoms with Crippen molar-refractivity contribution in [3.63, 3.8) is 0 Å². The van der Waals surface area contributed by atoms with E-state index in [0.717, 1.165) is 29.8 Å². The zero-order valence-electron chi connectivity index (χ0n) is 15.8. The minimum absolute atomic E-state index is 0.204. The number of halogens is 1. The Morgan fingerprint density at radius 3 is 2.75 bits per heavy atom. The molecule has 5 rings (SSSR count). The van der Waals surface area contributed by atoms with Crippen LogP contribution in [0.1, 0.15) is 41.8 Å². The standard InChI is InChI=1S/C25H21ClN2/c1-16-15-18(21-11-6-8-17-7-2-3-9-20(17)21)13-14-19(16)24-22-10-4-5-12-23(22)27-25(26)28-24/h2-4,6-11,13-16,19H,5,12H2,1H3. The molecule has 3 heteroatoms. The molecule has 0 fully saturated rings. The summed E-state index contributed by atoms with van der Waals surface area (Å²) in [5.74, 6) is 0.528. The number of fused-ring (bicyclic) bond motifs is 2. The van der Waals surface area contributed by atoms with Crippen molar-refractivity contribution in [2.45, 2.75) is 25.7 Å². The molecular weight excluding hydrogens is 364 g/mol. The molecule has 0 saturated heterocycles. The summed E-state index contributed by atoms with van der Waals surface area (Å²) in [4.78, 5) is 9.09. The molecule has 2 unspecified atom stereocenters. The molecule has 2 atom stereocenters. The van der Waals surface area contributed by atoms with E-state index < -0.39 is 0 Å². The molecule has 2 aliphatic rings. The number of benzene rings is 2. The number of aromatic nitrogens is 2.